The lowest BCUT2D eigenvalue weighted by molar-refractivity contribution is -0.112. The first-order valence-electron chi connectivity index (χ1n) is 9.70. The number of benzene rings is 1. The van der Waals surface area contributed by atoms with Gasteiger partial charge in [0.15, 0.2) is 15.0 Å². The maximum Gasteiger partial charge on any atom is 0.268 e. The average molecular weight is 457 g/mol. The number of fused-ring (bicyclic) bond motifs is 1. The first kappa shape index (κ1) is 22.7. The second-order valence-corrected chi connectivity index (χ2v) is 10.9. The summed E-state index contributed by atoms with van der Waals surface area (Å²) in [5.41, 5.74) is 3.45. The highest BCUT2D eigenvalue weighted by Crippen LogP contribution is 2.28. The number of hydrogen-bond donors (Lipinski definition) is 1. The van der Waals surface area contributed by atoms with Gasteiger partial charge in [-0.2, -0.15) is 5.26 Å². The minimum absolute atomic E-state index is 0.0270. The fourth-order valence-electron chi connectivity index (χ4n) is 3.28. The van der Waals surface area contributed by atoms with E-state index in [1.54, 1.807) is 12.1 Å². The molecule has 1 aromatic carbocycles. The van der Waals surface area contributed by atoms with Crippen molar-refractivity contribution in [3.8, 4) is 6.07 Å². The summed E-state index contributed by atoms with van der Waals surface area (Å²) in [6.07, 6.45) is 2.73. The summed E-state index contributed by atoms with van der Waals surface area (Å²) in [6.45, 7) is 9.12. The Labute approximate surface area is 186 Å². The molecule has 1 N–H and O–H groups in total. The Kier molecular flexibility index (Phi) is 6.34. The van der Waals surface area contributed by atoms with E-state index in [9.17, 15) is 18.5 Å². The predicted molar refractivity (Wildman–Crippen MR) is 124 cm³/mol. The number of carbonyl (C=O) groups excluding carboxylic acids is 1. The quantitative estimate of drug-likeness (QED) is 0.439. The Bertz CT molecular complexity index is 1340. The number of aromatic nitrogens is 2. The van der Waals surface area contributed by atoms with Crippen LogP contribution < -0.4 is 5.32 Å². The van der Waals surface area contributed by atoms with Gasteiger partial charge in [-0.05, 0) is 55.7 Å². The molecular weight excluding hydrogens is 432 g/mol. The molecular formula is C22H24N4O3S2. The molecule has 0 bridgehead atoms. The Morgan fingerprint density at radius 2 is 2.03 bits per heavy atom. The summed E-state index contributed by atoms with van der Waals surface area (Å²) >= 11 is 1.16. The highest BCUT2D eigenvalue weighted by Gasteiger charge is 2.16. The molecule has 0 saturated carbocycles. The first-order valence-corrected chi connectivity index (χ1v) is 12.4. The van der Waals surface area contributed by atoms with Crippen molar-refractivity contribution in [3.63, 3.8) is 0 Å². The van der Waals surface area contributed by atoms with Crippen LogP contribution in [0.4, 0.5) is 5.13 Å². The van der Waals surface area contributed by atoms with Gasteiger partial charge in [-0.25, -0.2) is 13.4 Å². The molecule has 0 fully saturated rings. The number of anilines is 1. The number of hydrogen-bond acceptors (Lipinski definition) is 6. The fraction of sp³-hybridized carbons (Fsp3) is 0.318. The van der Waals surface area contributed by atoms with Crippen LogP contribution in [0.15, 0.2) is 34.7 Å². The SMILES string of the molecule is Cc1cc(/C=C(/C#N)C(=O)Nc2nc3ccc(S(C)(=O)=O)cc3s2)c(C)n1CC(C)C. The molecule has 3 aromatic rings. The number of carbonyl (C=O) groups is 1. The van der Waals surface area contributed by atoms with Gasteiger partial charge in [-0.3, -0.25) is 10.1 Å². The third kappa shape index (κ3) is 5.03. The number of nitriles is 1. The lowest BCUT2D eigenvalue weighted by Crippen LogP contribution is -2.13. The van der Waals surface area contributed by atoms with Crippen LogP contribution >= 0.6 is 11.3 Å². The number of amides is 1. The minimum atomic E-state index is -3.34. The summed E-state index contributed by atoms with van der Waals surface area (Å²) in [4.78, 5) is 17.2. The minimum Gasteiger partial charge on any atom is -0.348 e. The second kappa shape index (κ2) is 8.65. The average Bonchev–Trinajstić information content (AvgIpc) is 3.19. The highest BCUT2D eigenvalue weighted by atomic mass is 32.2. The van der Waals surface area contributed by atoms with Crippen molar-refractivity contribution in [1.82, 2.24) is 9.55 Å². The van der Waals surface area contributed by atoms with Crippen LogP contribution in [0.1, 0.15) is 30.8 Å². The number of nitrogens with one attached hydrogen (secondary N) is 1. The monoisotopic (exact) mass is 456 g/mol. The van der Waals surface area contributed by atoms with Gasteiger partial charge in [-0.15, -0.1) is 0 Å². The van der Waals surface area contributed by atoms with E-state index >= 15 is 0 Å². The molecule has 0 spiro atoms. The van der Waals surface area contributed by atoms with Crippen LogP contribution in [0.2, 0.25) is 0 Å². The van der Waals surface area contributed by atoms with Gasteiger partial charge in [0.25, 0.3) is 5.91 Å². The Morgan fingerprint density at radius 3 is 2.65 bits per heavy atom. The van der Waals surface area contributed by atoms with E-state index in [4.69, 9.17) is 0 Å². The molecule has 0 radical (unpaired) electrons. The summed E-state index contributed by atoms with van der Waals surface area (Å²) in [6, 6.07) is 8.55. The van der Waals surface area contributed by atoms with E-state index in [0.29, 0.717) is 21.3 Å². The van der Waals surface area contributed by atoms with Crippen molar-refractivity contribution < 1.29 is 13.2 Å². The van der Waals surface area contributed by atoms with Crippen LogP contribution in [0, 0.1) is 31.1 Å². The molecule has 2 aromatic heterocycles. The molecule has 0 saturated heterocycles. The molecule has 1 amide bonds. The lowest BCUT2D eigenvalue weighted by Gasteiger charge is -2.12. The third-order valence-electron chi connectivity index (χ3n) is 4.83. The summed E-state index contributed by atoms with van der Waals surface area (Å²) in [5.74, 6) is -0.0823. The van der Waals surface area contributed by atoms with E-state index in [1.807, 2.05) is 26.0 Å². The molecule has 2 heterocycles. The number of nitrogens with zero attached hydrogens (tertiary/aromatic N) is 3. The van der Waals surface area contributed by atoms with Crippen LogP contribution in [-0.2, 0) is 21.2 Å². The molecule has 0 aliphatic heterocycles. The van der Waals surface area contributed by atoms with Crippen LogP contribution in [0.25, 0.3) is 16.3 Å². The van der Waals surface area contributed by atoms with E-state index in [2.05, 4.69) is 28.7 Å². The van der Waals surface area contributed by atoms with Gasteiger partial charge in [0.1, 0.15) is 11.6 Å². The third-order valence-corrected chi connectivity index (χ3v) is 6.88. The Balaban J connectivity index is 1.87. The van der Waals surface area contributed by atoms with Gasteiger partial charge in [-0.1, -0.05) is 25.2 Å². The van der Waals surface area contributed by atoms with E-state index < -0.39 is 15.7 Å². The molecule has 9 heteroatoms. The topological polar surface area (TPSA) is 105 Å². The maximum atomic E-state index is 12.7. The number of sulfone groups is 1. The van der Waals surface area contributed by atoms with Gasteiger partial charge < -0.3 is 4.57 Å². The van der Waals surface area contributed by atoms with Crippen molar-refractivity contribution in [3.05, 3.63) is 46.8 Å². The van der Waals surface area contributed by atoms with Gasteiger partial charge >= 0.3 is 0 Å². The largest absolute Gasteiger partial charge is 0.348 e. The van der Waals surface area contributed by atoms with Crippen molar-refractivity contribution in [2.75, 3.05) is 11.6 Å². The second-order valence-electron chi connectivity index (χ2n) is 7.88. The standard InChI is InChI=1S/C22H24N4O3S2/c1-13(2)12-26-14(3)8-16(15(26)4)9-17(11-23)21(27)25-22-24-19-7-6-18(31(5,28)29)10-20(19)30-22/h6-10,13H,12H2,1-5H3,(H,24,25,27)/b17-9-. The van der Waals surface area contributed by atoms with Crippen molar-refractivity contribution >= 4 is 48.5 Å². The van der Waals surface area contributed by atoms with Crippen molar-refractivity contribution in [2.45, 2.75) is 39.1 Å². The molecule has 0 atom stereocenters. The van der Waals surface area contributed by atoms with Crippen molar-refractivity contribution in [2.24, 2.45) is 5.92 Å². The number of rotatable bonds is 6. The first-order chi connectivity index (χ1) is 14.5. The zero-order valence-electron chi connectivity index (χ0n) is 18.1. The molecule has 162 valence electrons. The molecule has 0 aliphatic rings. The highest BCUT2D eigenvalue weighted by molar-refractivity contribution is 7.90. The van der Waals surface area contributed by atoms with E-state index in [0.717, 1.165) is 41.1 Å². The van der Waals surface area contributed by atoms with Crippen LogP contribution in [0.5, 0.6) is 0 Å². The summed E-state index contributed by atoms with van der Waals surface area (Å²) < 4.78 is 26.3. The molecule has 0 unspecified atom stereocenters. The van der Waals surface area contributed by atoms with Crippen LogP contribution in [0.3, 0.4) is 0 Å². The summed E-state index contributed by atoms with van der Waals surface area (Å²) in [5, 5.41) is 12.5. The lowest BCUT2D eigenvalue weighted by atomic mass is 10.1. The van der Waals surface area contributed by atoms with Crippen molar-refractivity contribution in [1.29, 1.82) is 5.26 Å². The smallest absolute Gasteiger partial charge is 0.268 e. The van der Waals surface area contributed by atoms with E-state index in [-0.39, 0.29) is 10.5 Å². The Hall–Kier alpha value is -2.96. The van der Waals surface area contributed by atoms with Gasteiger partial charge in [0.05, 0.1) is 15.1 Å². The normalized spacial score (nSPS) is 12.4. The molecule has 3 rings (SSSR count). The number of thiazole rings is 1. The molecule has 0 aliphatic carbocycles. The van der Waals surface area contributed by atoms with Gasteiger partial charge in [0.2, 0.25) is 0 Å². The zero-order chi connectivity index (χ0) is 22.9. The summed E-state index contributed by atoms with van der Waals surface area (Å²) in [7, 11) is -3.34. The maximum absolute atomic E-state index is 12.7. The molecule has 31 heavy (non-hydrogen) atoms. The Morgan fingerprint density at radius 1 is 1.32 bits per heavy atom. The van der Waals surface area contributed by atoms with Gasteiger partial charge in [0, 0.05) is 24.2 Å². The van der Waals surface area contributed by atoms with Crippen LogP contribution in [-0.4, -0.2) is 30.1 Å². The fourth-order valence-corrected chi connectivity index (χ4v) is 4.90. The zero-order valence-corrected chi connectivity index (χ0v) is 19.7. The molecule has 7 nitrogen and oxygen atoms in total. The number of aryl methyl sites for hydroxylation is 1. The predicted octanol–water partition coefficient (Wildman–Crippen LogP) is 4.32. The van der Waals surface area contributed by atoms with E-state index in [1.165, 1.54) is 12.1 Å².